The van der Waals surface area contributed by atoms with E-state index in [0.29, 0.717) is 24.4 Å². The van der Waals surface area contributed by atoms with Gasteiger partial charge in [0.1, 0.15) is 11.3 Å². The first-order valence-corrected chi connectivity index (χ1v) is 11.3. The Bertz CT molecular complexity index is 1120. The summed E-state index contributed by atoms with van der Waals surface area (Å²) in [7, 11) is 0. The van der Waals surface area contributed by atoms with Gasteiger partial charge in [-0.05, 0) is 56.4 Å². The minimum Gasteiger partial charge on any atom is -0.465 e. The summed E-state index contributed by atoms with van der Waals surface area (Å²) < 4.78 is 21.5. The van der Waals surface area contributed by atoms with Crippen LogP contribution in [-0.4, -0.2) is 73.1 Å². The fourth-order valence-electron chi connectivity index (χ4n) is 5.01. The summed E-state index contributed by atoms with van der Waals surface area (Å²) in [6.07, 6.45) is 3.42. The summed E-state index contributed by atoms with van der Waals surface area (Å²) in [5, 5.41) is 18.7. The van der Waals surface area contributed by atoms with Gasteiger partial charge in [-0.15, -0.1) is 0 Å². The minimum atomic E-state index is -0.824. The fraction of sp³-hybridized carbons (Fsp3) is 0.545. The molecule has 2 fully saturated rings. The van der Waals surface area contributed by atoms with E-state index in [0.717, 1.165) is 56.4 Å². The van der Waals surface area contributed by atoms with Crippen molar-refractivity contribution in [2.45, 2.75) is 51.0 Å². The van der Waals surface area contributed by atoms with Gasteiger partial charge in [-0.1, -0.05) is 19.1 Å². The van der Waals surface area contributed by atoms with E-state index in [1.165, 1.54) is 10.7 Å². The summed E-state index contributed by atoms with van der Waals surface area (Å²) in [6, 6.07) is 5.02. The van der Waals surface area contributed by atoms with Crippen LogP contribution < -0.4 is 0 Å². The Morgan fingerprint density at radius 3 is 2.81 bits per heavy atom. The Balaban J connectivity index is 1.28. The van der Waals surface area contributed by atoms with E-state index >= 15 is 0 Å². The number of carboxylic acid groups (broad SMARTS) is 1. The predicted molar refractivity (Wildman–Crippen MR) is 114 cm³/mol. The third-order valence-corrected chi connectivity index (χ3v) is 6.71. The Kier molecular flexibility index (Phi) is 5.54. The number of hydrogen-bond acceptors (Lipinski definition) is 6. The molecule has 10 heteroatoms. The normalized spacial score (nSPS) is 20.4. The van der Waals surface area contributed by atoms with Crippen LogP contribution in [0, 0.1) is 5.82 Å². The van der Waals surface area contributed by atoms with Crippen molar-refractivity contribution in [3.63, 3.8) is 0 Å². The lowest BCUT2D eigenvalue weighted by Gasteiger charge is -2.34. The van der Waals surface area contributed by atoms with E-state index in [9.17, 15) is 14.3 Å². The van der Waals surface area contributed by atoms with Gasteiger partial charge in [0.15, 0.2) is 0 Å². The van der Waals surface area contributed by atoms with Gasteiger partial charge in [0.25, 0.3) is 5.95 Å². The maximum Gasteiger partial charge on any atom is 0.407 e. The van der Waals surface area contributed by atoms with Gasteiger partial charge in [-0.2, -0.15) is 14.8 Å². The van der Waals surface area contributed by atoms with E-state index in [2.05, 4.69) is 20.1 Å². The Morgan fingerprint density at radius 1 is 1.25 bits per heavy atom. The van der Waals surface area contributed by atoms with Gasteiger partial charge in [0, 0.05) is 30.4 Å². The van der Waals surface area contributed by atoms with Gasteiger partial charge in [-0.3, -0.25) is 0 Å². The number of aryl methyl sites for hydroxylation is 1. The smallest absolute Gasteiger partial charge is 0.407 e. The number of hydrogen-bond donors (Lipinski definition) is 1. The van der Waals surface area contributed by atoms with E-state index < -0.39 is 6.09 Å². The van der Waals surface area contributed by atoms with Crippen molar-refractivity contribution in [3.8, 4) is 5.95 Å². The number of piperidine rings is 1. The Labute approximate surface area is 184 Å². The second-order valence-corrected chi connectivity index (χ2v) is 8.63. The zero-order valence-electron chi connectivity index (χ0n) is 18.1. The highest BCUT2D eigenvalue weighted by Gasteiger charge is 2.32. The van der Waals surface area contributed by atoms with Crippen LogP contribution in [0.1, 0.15) is 50.1 Å². The molecule has 0 radical (unpaired) electrons. The van der Waals surface area contributed by atoms with E-state index in [1.54, 1.807) is 11.0 Å². The number of halogens is 1. The number of aromatic nitrogens is 4. The number of rotatable bonds is 5. The van der Waals surface area contributed by atoms with Crippen molar-refractivity contribution in [1.82, 2.24) is 29.7 Å². The first-order valence-electron chi connectivity index (χ1n) is 11.3. The van der Waals surface area contributed by atoms with Crippen LogP contribution >= 0.6 is 0 Å². The molecule has 3 aromatic rings. The number of fused-ring (bicyclic) bond motifs is 1. The highest BCUT2D eigenvalue weighted by Crippen LogP contribution is 2.30. The van der Waals surface area contributed by atoms with Gasteiger partial charge >= 0.3 is 6.09 Å². The number of para-hydroxylation sites is 1. The van der Waals surface area contributed by atoms with E-state index in [1.807, 2.05) is 13.0 Å². The molecular formula is C22H27FN6O3. The second-order valence-electron chi connectivity index (χ2n) is 8.63. The minimum absolute atomic E-state index is 0.0785. The van der Waals surface area contributed by atoms with Crippen molar-refractivity contribution in [1.29, 1.82) is 0 Å². The molecular weight excluding hydrogens is 415 g/mol. The number of likely N-dealkylation sites (tertiary alicyclic amines) is 2. The topological polar surface area (TPSA) is 101 Å². The monoisotopic (exact) mass is 442 g/mol. The maximum absolute atomic E-state index is 14.5. The summed E-state index contributed by atoms with van der Waals surface area (Å²) in [5.74, 6) is 0.562. The summed E-state index contributed by atoms with van der Waals surface area (Å²) >= 11 is 0. The Morgan fingerprint density at radius 2 is 2.06 bits per heavy atom. The van der Waals surface area contributed by atoms with Gasteiger partial charge in [-0.25, -0.2) is 9.18 Å². The number of carbonyl (C=O) groups is 1. The highest BCUT2D eigenvalue weighted by molar-refractivity contribution is 5.83. The molecule has 2 aliphatic heterocycles. The van der Waals surface area contributed by atoms with Crippen molar-refractivity contribution < 1.29 is 18.8 Å². The molecule has 2 aliphatic rings. The molecule has 32 heavy (non-hydrogen) atoms. The molecule has 1 amide bonds. The predicted octanol–water partition coefficient (Wildman–Crippen LogP) is 3.43. The lowest BCUT2D eigenvalue weighted by atomic mass is 9.96. The molecule has 0 aliphatic carbocycles. The maximum atomic E-state index is 14.5. The largest absolute Gasteiger partial charge is 0.465 e. The van der Waals surface area contributed by atoms with E-state index in [-0.39, 0.29) is 23.7 Å². The van der Waals surface area contributed by atoms with Gasteiger partial charge in [0.2, 0.25) is 5.89 Å². The zero-order chi connectivity index (χ0) is 22.2. The molecule has 1 aromatic carbocycles. The summed E-state index contributed by atoms with van der Waals surface area (Å²) in [6.45, 7) is 5.08. The molecule has 0 spiro atoms. The molecule has 0 unspecified atom stereocenters. The van der Waals surface area contributed by atoms with Crippen LogP contribution in [0.25, 0.3) is 16.9 Å². The molecule has 0 saturated carbocycles. The molecule has 2 aromatic heterocycles. The molecule has 1 N–H and O–H groups in total. The van der Waals surface area contributed by atoms with Gasteiger partial charge < -0.3 is 19.4 Å². The SMILES string of the molecule is CCc1nn(-c2noc(C3CCN(C[C@@H]4CCCN4C(=O)O)CC3)n2)c2c(F)cccc12. The Hall–Kier alpha value is -3.01. The van der Waals surface area contributed by atoms with Crippen molar-refractivity contribution in [2.75, 3.05) is 26.2 Å². The molecule has 9 nitrogen and oxygen atoms in total. The molecule has 170 valence electrons. The van der Waals surface area contributed by atoms with Crippen molar-refractivity contribution in [2.24, 2.45) is 0 Å². The molecule has 4 heterocycles. The van der Waals surface area contributed by atoms with Crippen LogP contribution in [0.15, 0.2) is 22.7 Å². The van der Waals surface area contributed by atoms with Crippen LogP contribution in [0.5, 0.6) is 0 Å². The quantitative estimate of drug-likeness (QED) is 0.646. The van der Waals surface area contributed by atoms with Crippen LogP contribution in [0.4, 0.5) is 9.18 Å². The zero-order valence-corrected chi connectivity index (χ0v) is 18.1. The molecule has 0 bridgehead atoms. The third kappa shape index (κ3) is 3.72. The number of nitrogens with zero attached hydrogens (tertiary/aromatic N) is 6. The van der Waals surface area contributed by atoms with Crippen LogP contribution in [0.2, 0.25) is 0 Å². The van der Waals surface area contributed by atoms with Crippen LogP contribution in [-0.2, 0) is 6.42 Å². The standard InChI is InChI=1S/C22H27FN6O3/c1-2-18-16-6-3-7-17(23)19(16)29(25-18)21-24-20(32-26-21)14-8-11-27(12-9-14)13-15-5-4-10-28(15)22(30)31/h3,6-7,14-15H,2,4-5,8-13H2,1H3,(H,30,31)/t15-/m0/s1. The fourth-order valence-corrected chi connectivity index (χ4v) is 5.01. The summed E-state index contributed by atoms with van der Waals surface area (Å²) in [4.78, 5) is 19.8. The lowest BCUT2D eigenvalue weighted by Crippen LogP contribution is -2.45. The second kappa shape index (κ2) is 8.50. The van der Waals surface area contributed by atoms with E-state index in [4.69, 9.17) is 4.52 Å². The molecule has 1 atom stereocenters. The first-order chi connectivity index (χ1) is 15.5. The molecule has 2 saturated heterocycles. The number of benzene rings is 1. The lowest BCUT2D eigenvalue weighted by molar-refractivity contribution is 0.115. The first kappa shape index (κ1) is 20.9. The average molecular weight is 442 g/mol. The average Bonchev–Trinajstić information content (AvgIpc) is 3.53. The summed E-state index contributed by atoms with van der Waals surface area (Å²) in [5.41, 5.74) is 1.16. The van der Waals surface area contributed by atoms with Crippen LogP contribution in [0.3, 0.4) is 0 Å². The van der Waals surface area contributed by atoms with Crippen molar-refractivity contribution in [3.05, 3.63) is 35.6 Å². The molecule has 5 rings (SSSR count). The highest BCUT2D eigenvalue weighted by atomic mass is 19.1. The number of amides is 1. The van der Waals surface area contributed by atoms with Crippen molar-refractivity contribution >= 4 is 17.0 Å². The van der Waals surface area contributed by atoms with Gasteiger partial charge in [0.05, 0.1) is 5.69 Å². The third-order valence-electron chi connectivity index (χ3n) is 6.71.